The Morgan fingerprint density at radius 3 is 2.87 bits per heavy atom. The highest BCUT2D eigenvalue weighted by Gasteiger charge is 2.30. The summed E-state index contributed by atoms with van der Waals surface area (Å²) in [5.74, 6) is 0. The first kappa shape index (κ1) is 10.7. The maximum atomic E-state index is 3.74. The lowest BCUT2D eigenvalue weighted by Crippen LogP contribution is -2.48. The first-order valence-electron chi connectivity index (χ1n) is 5.95. The van der Waals surface area contributed by atoms with Crippen LogP contribution in [-0.2, 0) is 5.54 Å². The third-order valence-corrected chi connectivity index (χ3v) is 3.53. The van der Waals surface area contributed by atoms with Gasteiger partial charge < -0.3 is 5.32 Å². The molecule has 1 saturated heterocycles. The van der Waals surface area contributed by atoms with Gasteiger partial charge >= 0.3 is 0 Å². The second-order valence-electron chi connectivity index (χ2n) is 5.14. The van der Waals surface area contributed by atoms with Crippen LogP contribution in [0.4, 0.5) is 0 Å². The minimum atomic E-state index is 0.184. The predicted molar refractivity (Wildman–Crippen MR) is 65.0 cm³/mol. The number of benzene rings is 1. The first-order valence-corrected chi connectivity index (χ1v) is 5.95. The van der Waals surface area contributed by atoms with Gasteiger partial charge in [-0.05, 0) is 45.6 Å². The van der Waals surface area contributed by atoms with Gasteiger partial charge in [-0.25, -0.2) is 0 Å². The molecule has 0 bridgehead atoms. The molecule has 0 spiro atoms. The van der Waals surface area contributed by atoms with Crippen LogP contribution < -0.4 is 5.32 Å². The molecular weight excluding hydrogens is 182 g/mol. The molecule has 0 aliphatic carbocycles. The van der Waals surface area contributed by atoms with E-state index in [9.17, 15) is 0 Å². The number of hydrogen-bond donors (Lipinski definition) is 1. The van der Waals surface area contributed by atoms with Crippen molar-refractivity contribution in [3.8, 4) is 0 Å². The summed E-state index contributed by atoms with van der Waals surface area (Å²) in [6.45, 7) is 6.78. The molecule has 0 amide bonds. The lowest BCUT2D eigenvalue weighted by molar-refractivity contribution is 0.236. The van der Waals surface area contributed by atoms with E-state index in [1.54, 1.807) is 0 Å². The van der Waals surface area contributed by atoms with Crippen molar-refractivity contribution < 1.29 is 0 Å². The molecule has 1 aliphatic rings. The molecule has 1 N–H and O–H groups in total. The smallest absolute Gasteiger partial charge is 0.0408 e. The van der Waals surface area contributed by atoms with Crippen LogP contribution >= 0.6 is 0 Å². The molecule has 2 atom stereocenters. The SMILES string of the molecule is Cc1cccc(C2(C)CCCC(C)N2)c1. The maximum Gasteiger partial charge on any atom is 0.0408 e. The summed E-state index contributed by atoms with van der Waals surface area (Å²) < 4.78 is 0. The third kappa shape index (κ3) is 2.23. The minimum Gasteiger partial charge on any atom is -0.305 e. The Hall–Kier alpha value is -0.820. The van der Waals surface area contributed by atoms with Gasteiger partial charge in [-0.3, -0.25) is 0 Å². The topological polar surface area (TPSA) is 12.0 Å². The molecule has 1 heterocycles. The van der Waals surface area contributed by atoms with Gasteiger partial charge in [0.1, 0.15) is 0 Å². The number of hydrogen-bond acceptors (Lipinski definition) is 1. The molecular formula is C14H21N. The van der Waals surface area contributed by atoms with Crippen LogP contribution in [0.25, 0.3) is 0 Å². The Morgan fingerprint density at radius 1 is 1.40 bits per heavy atom. The Kier molecular flexibility index (Phi) is 2.83. The summed E-state index contributed by atoms with van der Waals surface area (Å²) in [6.07, 6.45) is 3.89. The standard InChI is InChI=1S/C14H21N/c1-11-6-4-8-13(10-11)14(3)9-5-7-12(2)15-14/h4,6,8,10,12,15H,5,7,9H2,1-3H3. The summed E-state index contributed by atoms with van der Waals surface area (Å²) in [7, 11) is 0. The number of aryl methyl sites for hydroxylation is 1. The van der Waals surface area contributed by atoms with Crippen LogP contribution in [0.15, 0.2) is 24.3 Å². The van der Waals surface area contributed by atoms with Crippen molar-refractivity contribution in [2.24, 2.45) is 0 Å². The summed E-state index contributed by atoms with van der Waals surface area (Å²) in [5, 5.41) is 3.74. The zero-order valence-electron chi connectivity index (χ0n) is 10.0. The third-order valence-electron chi connectivity index (χ3n) is 3.53. The van der Waals surface area contributed by atoms with E-state index in [1.807, 2.05) is 0 Å². The van der Waals surface area contributed by atoms with Crippen molar-refractivity contribution in [1.82, 2.24) is 5.32 Å². The molecule has 1 aromatic rings. The molecule has 1 aliphatic heterocycles. The molecule has 2 unspecified atom stereocenters. The summed E-state index contributed by atoms with van der Waals surface area (Å²) in [6, 6.07) is 9.53. The Bertz CT molecular complexity index is 345. The average molecular weight is 203 g/mol. The van der Waals surface area contributed by atoms with Gasteiger partial charge in [-0.2, -0.15) is 0 Å². The van der Waals surface area contributed by atoms with Crippen LogP contribution in [0.5, 0.6) is 0 Å². The van der Waals surface area contributed by atoms with Gasteiger partial charge in [0.2, 0.25) is 0 Å². The monoisotopic (exact) mass is 203 g/mol. The molecule has 1 aromatic carbocycles. The summed E-state index contributed by atoms with van der Waals surface area (Å²) in [5.41, 5.74) is 2.98. The summed E-state index contributed by atoms with van der Waals surface area (Å²) >= 11 is 0. The van der Waals surface area contributed by atoms with Gasteiger partial charge in [0.15, 0.2) is 0 Å². The second kappa shape index (κ2) is 3.97. The van der Waals surface area contributed by atoms with E-state index in [1.165, 1.54) is 30.4 Å². The molecule has 0 saturated carbocycles. The lowest BCUT2D eigenvalue weighted by Gasteiger charge is -2.39. The van der Waals surface area contributed by atoms with Gasteiger partial charge in [-0.15, -0.1) is 0 Å². The van der Waals surface area contributed by atoms with E-state index in [0.29, 0.717) is 6.04 Å². The van der Waals surface area contributed by atoms with Crippen molar-refractivity contribution in [1.29, 1.82) is 0 Å². The Morgan fingerprint density at radius 2 is 2.20 bits per heavy atom. The zero-order chi connectivity index (χ0) is 10.9. The van der Waals surface area contributed by atoms with Crippen molar-refractivity contribution in [2.45, 2.75) is 51.6 Å². The zero-order valence-corrected chi connectivity index (χ0v) is 10.0. The fourth-order valence-corrected chi connectivity index (χ4v) is 2.67. The molecule has 2 rings (SSSR count). The van der Waals surface area contributed by atoms with E-state index in [2.05, 4.69) is 50.4 Å². The van der Waals surface area contributed by atoms with Gasteiger partial charge in [0.25, 0.3) is 0 Å². The molecule has 1 nitrogen and oxygen atoms in total. The largest absolute Gasteiger partial charge is 0.305 e. The molecule has 15 heavy (non-hydrogen) atoms. The number of rotatable bonds is 1. The van der Waals surface area contributed by atoms with Crippen molar-refractivity contribution >= 4 is 0 Å². The predicted octanol–water partition coefficient (Wildman–Crippen LogP) is 3.37. The van der Waals surface area contributed by atoms with Gasteiger partial charge in [0.05, 0.1) is 0 Å². The highest BCUT2D eigenvalue weighted by atomic mass is 15.0. The highest BCUT2D eigenvalue weighted by Crippen LogP contribution is 2.32. The van der Waals surface area contributed by atoms with E-state index in [4.69, 9.17) is 0 Å². The van der Waals surface area contributed by atoms with Crippen LogP contribution in [0.3, 0.4) is 0 Å². The normalized spacial score (nSPS) is 31.5. The molecule has 1 fully saturated rings. The van der Waals surface area contributed by atoms with E-state index in [-0.39, 0.29) is 5.54 Å². The fraction of sp³-hybridized carbons (Fsp3) is 0.571. The van der Waals surface area contributed by atoms with Crippen molar-refractivity contribution in [3.05, 3.63) is 35.4 Å². The highest BCUT2D eigenvalue weighted by molar-refractivity contribution is 5.29. The quantitative estimate of drug-likeness (QED) is 0.738. The molecule has 0 aromatic heterocycles. The first-order chi connectivity index (χ1) is 7.10. The Labute approximate surface area is 92.9 Å². The van der Waals surface area contributed by atoms with Gasteiger partial charge in [0, 0.05) is 11.6 Å². The number of nitrogens with one attached hydrogen (secondary N) is 1. The second-order valence-corrected chi connectivity index (χ2v) is 5.14. The maximum absolute atomic E-state index is 3.74. The van der Waals surface area contributed by atoms with E-state index >= 15 is 0 Å². The number of piperidine rings is 1. The molecule has 0 radical (unpaired) electrons. The lowest BCUT2D eigenvalue weighted by atomic mass is 9.81. The van der Waals surface area contributed by atoms with Crippen LogP contribution in [0, 0.1) is 6.92 Å². The summed E-state index contributed by atoms with van der Waals surface area (Å²) in [4.78, 5) is 0. The van der Waals surface area contributed by atoms with Gasteiger partial charge in [-0.1, -0.05) is 29.8 Å². The molecule has 1 heteroatoms. The molecule has 82 valence electrons. The minimum absolute atomic E-state index is 0.184. The van der Waals surface area contributed by atoms with Crippen LogP contribution in [0.1, 0.15) is 44.2 Å². The van der Waals surface area contributed by atoms with Crippen LogP contribution in [-0.4, -0.2) is 6.04 Å². The van der Waals surface area contributed by atoms with Crippen LogP contribution in [0.2, 0.25) is 0 Å². The average Bonchev–Trinajstić information content (AvgIpc) is 2.17. The Balaban J connectivity index is 2.28. The fourth-order valence-electron chi connectivity index (χ4n) is 2.67. The van der Waals surface area contributed by atoms with Crippen molar-refractivity contribution in [3.63, 3.8) is 0 Å². The van der Waals surface area contributed by atoms with Crippen molar-refractivity contribution in [2.75, 3.05) is 0 Å². The van der Waals surface area contributed by atoms with E-state index in [0.717, 1.165) is 0 Å². The van der Waals surface area contributed by atoms with E-state index < -0.39 is 0 Å².